The lowest BCUT2D eigenvalue weighted by Crippen LogP contribution is -2.40. The van der Waals surface area contributed by atoms with Crippen LogP contribution in [0.2, 0.25) is 0 Å². The molecular weight excluding hydrogens is 220 g/mol. The Bertz CT molecular complexity index is 369. The van der Waals surface area contributed by atoms with Gasteiger partial charge in [-0.2, -0.15) is 0 Å². The molecule has 2 rings (SSSR count). The lowest BCUT2D eigenvalue weighted by Gasteiger charge is -2.10. The topological polar surface area (TPSA) is 70.6 Å². The van der Waals surface area contributed by atoms with Crippen molar-refractivity contribution in [3.63, 3.8) is 0 Å². The first kappa shape index (κ1) is 12.0. The highest BCUT2D eigenvalue weighted by atomic mass is 16.6. The summed E-state index contributed by atoms with van der Waals surface area (Å²) in [7, 11) is 0. The summed E-state index contributed by atoms with van der Waals surface area (Å²) in [5, 5.41) is 12.2. The molecule has 1 heterocycles. The van der Waals surface area contributed by atoms with Gasteiger partial charge >= 0.3 is 0 Å². The van der Waals surface area contributed by atoms with Crippen molar-refractivity contribution in [2.75, 3.05) is 6.54 Å². The van der Waals surface area contributed by atoms with E-state index in [9.17, 15) is 9.90 Å². The van der Waals surface area contributed by atoms with Crippen molar-refractivity contribution < 1.29 is 14.7 Å². The Kier molecular flexibility index (Phi) is 4.08. The average molecular weight is 236 g/mol. The maximum Gasteiger partial charge on any atom is 0.260 e. The summed E-state index contributed by atoms with van der Waals surface area (Å²) in [4.78, 5) is 16.7. The van der Waals surface area contributed by atoms with E-state index < -0.39 is 6.10 Å². The van der Waals surface area contributed by atoms with Gasteiger partial charge in [0.05, 0.1) is 18.8 Å². The third-order valence-electron chi connectivity index (χ3n) is 2.68. The van der Waals surface area contributed by atoms with Crippen molar-refractivity contribution in [2.45, 2.75) is 25.2 Å². The van der Waals surface area contributed by atoms with Crippen LogP contribution in [-0.2, 0) is 16.2 Å². The highest BCUT2D eigenvalue weighted by Crippen LogP contribution is 2.06. The number of aliphatic hydroxyl groups excluding tert-OH is 1. The van der Waals surface area contributed by atoms with Gasteiger partial charge < -0.3 is 10.4 Å². The van der Waals surface area contributed by atoms with E-state index in [0.29, 0.717) is 19.6 Å². The lowest BCUT2D eigenvalue weighted by molar-refractivity contribution is -0.136. The third-order valence-corrected chi connectivity index (χ3v) is 2.68. The van der Waals surface area contributed by atoms with Gasteiger partial charge in [-0.05, 0) is 12.0 Å². The van der Waals surface area contributed by atoms with Crippen LogP contribution < -0.4 is 10.8 Å². The van der Waals surface area contributed by atoms with Crippen LogP contribution in [0.25, 0.3) is 0 Å². The summed E-state index contributed by atoms with van der Waals surface area (Å²) in [5.41, 5.74) is 3.37. The highest BCUT2D eigenvalue weighted by Gasteiger charge is 2.27. The second-order valence-corrected chi connectivity index (χ2v) is 4.09. The van der Waals surface area contributed by atoms with E-state index >= 15 is 0 Å². The molecule has 17 heavy (non-hydrogen) atoms. The maximum atomic E-state index is 11.6. The number of carbonyl (C=O) groups is 1. The zero-order chi connectivity index (χ0) is 12.1. The molecule has 1 aliphatic heterocycles. The molecule has 1 fully saturated rings. The van der Waals surface area contributed by atoms with Crippen molar-refractivity contribution in [1.82, 2.24) is 10.8 Å². The number of hydrogen-bond donors (Lipinski definition) is 3. The number of amides is 1. The molecule has 0 aliphatic carbocycles. The summed E-state index contributed by atoms with van der Waals surface area (Å²) in [6, 6.07) is 9.23. The van der Waals surface area contributed by atoms with Crippen molar-refractivity contribution in [1.29, 1.82) is 0 Å². The Hall–Kier alpha value is -1.43. The number of hydrogen-bond acceptors (Lipinski definition) is 4. The Balaban J connectivity index is 1.70. The fourth-order valence-electron chi connectivity index (χ4n) is 1.75. The van der Waals surface area contributed by atoms with E-state index in [1.54, 1.807) is 0 Å². The van der Waals surface area contributed by atoms with E-state index in [2.05, 4.69) is 10.8 Å². The zero-order valence-corrected chi connectivity index (χ0v) is 9.43. The predicted molar refractivity (Wildman–Crippen MR) is 61.8 cm³/mol. The van der Waals surface area contributed by atoms with E-state index in [-0.39, 0.29) is 11.9 Å². The van der Waals surface area contributed by atoms with Crippen molar-refractivity contribution in [3.8, 4) is 0 Å². The molecule has 0 bridgehead atoms. The summed E-state index contributed by atoms with van der Waals surface area (Å²) in [5.74, 6) is -0.238. The van der Waals surface area contributed by atoms with Crippen LogP contribution in [-0.4, -0.2) is 29.7 Å². The molecule has 92 valence electrons. The smallest absolute Gasteiger partial charge is 0.260 e. The molecule has 1 aromatic carbocycles. The molecule has 0 spiro atoms. The van der Waals surface area contributed by atoms with Gasteiger partial charge in [-0.1, -0.05) is 30.3 Å². The molecule has 1 aromatic rings. The van der Waals surface area contributed by atoms with Gasteiger partial charge in [0.1, 0.15) is 0 Å². The SMILES string of the molecule is O=C(NOCc1ccccc1)C1CC(O)CN1. The van der Waals surface area contributed by atoms with Crippen LogP contribution in [0.5, 0.6) is 0 Å². The number of nitrogens with one attached hydrogen (secondary N) is 2. The highest BCUT2D eigenvalue weighted by molar-refractivity contribution is 5.81. The zero-order valence-electron chi connectivity index (χ0n) is 9.43. The van der Waals surface area contributed by atoms with E-state index in [1.807, 2.05) is 30.3 Å². The molecule has 2 unspecified atom stereocenters. The first-order valence-electron chi connectivity index (χ1n) is 5.63. The van der Waals surface area contributed by atoms with Crippen LogP contribution >= 0.6 is 0 Å². The molecule has 5 nitrogen and oxygen atoms in total. The standard InChI is InChI=1S/C12H16N2O3/c15-10-6-11(13-7-10)12(16)14-17-8-9-4-2-1-3-5-9/h1-5,10-11,13,15H,6-8H2,(H,14,16). The average Bonchev–Trinajstić information content (AvgIpc) is 2.77. The van der Waals surface area contributed by atoms with Crippen molar-refractivity contribution in [3.05, 3.63) is 35.9 Å². The van der Waals surface area contributed by atoms with Crippen LogP contribution in [0.15, 0.2) is 30.3 Å². The minimum absolute atomic E-state index is 0.238. The van der Waals surface area contributed by atoms with Gasteiger partial charge in [0.2, 0.25) is 0 Å². The third kappa shape index (κ3) is 3.52. The quantitative estimate of drug-likeness (QED) is 0.641. The molecule has 0 saturated carbocycles. The Labute approximate surface area is 99.7 Å². The van der Waals surface area contributed by atoms with Gasteiger partial charge in [0, 0.05) is 6.54 Å². The number of aliphatic hydroxyl groups is 1. The summed E-state index contributed by atoms with van der Waals surface area (Å²) >= 11 is 0. The molecule has 1 aliphatic rings. The molecule has 5 heteroatoms. The van der Waals surface area contributed by atoms with Gasteiger partial charge in [0.25, 0.3) is 5.91 Å². The van der Waals surface area contributed by atoms with Crippen LogP contribution in [0.1, 0.15) is 12.0 Å². The molecule has 3 N–H and O–H groups in total. The second kappa shape index (κ2) is 5.77. The molecular formula is C12H16N2O3. The number of rotatable bonds is 4. The monoisotopic (exact) mass is 236 g/mol. The first-order valence-corrected chi connectivity index (χ1v) is 5.63. The summed E-state index contributed by atoms with van der Waals surface area (Å²) < 4.78 is 0. The summed E-state index contributed by atoms with van der Waals surface area (Å²) in [6.07, 6.45) is -0.0135. The Morgan fingerprint density at radius 2 is 2.24 bits per heavy atom. The summed E-state index contributed by atoms with van der Waals surface area (Å²) in [6.45, 7) is 0.790. The first-order chi connectivity index (χ1) is 8.25. The minimum atomic E-state index is -0.445. The molecule has 1 amide bonds. The fraction of sp³-hybridized carbons (Fsp3) is 0.417. The van der Waals surface area contributed by atoms with E-state index in [0.717, 1.165) is 5.56 Å². The fourth-order valence-corrected chi connectivity index (χ4v) is 1.75. The van der Waals surface area contributed by atoms with Crippen LogP contribution in [0.3, 0.4) is 0 Å². The lowest BCUT2D eigenvalue weighted by atomic mass is 10.2. The minimum Gasteiger partial charge on any atom is -0.392 e. The number of β-amino-alcohol motifs (C(OH)–C–C–N with tert-alkyl or cyclic N) is 1. The number of hydroxylamine groups is 1. The van der Waals surface area contributed by atoms with Gasteiger partial charge in [-0.15, -0.1) is 0 Å². The molecule has 2 atom stereocenters. The van der Waals surface area contributed by atoms with Crippen LogP contribution in [0, 0.1) is 0 Å². The van der Waals surface area contributed by atoms with Gasteiger partial charge in [-0.3, -0.25) is 9.63 Å². The van der Waals surface area contributed by atoms with Gasteiger partial charge in [-0.25, -0.2) is 5.48 Å². The number of benzene rings is 1. The largest absolute Gasteiger partial charge is 0.392 e. The molecule has 0 aromatic heterocycles. The predicted octanol–water partition coefficient (Wildman–Crippen LogP) is -0.0428. The Morgan fingerprint density at radius 1 is 1.47 bits per heavy atom. The molecule has 0 radical (unpaired) electrons. The number of carbonyl (C=O) groups excluding carboxylic acids is 1. The second-order valence-electron chi connectivity index (χ2n) is 4.09. The van der Waals surface area contributed by atoms with Crippen LogP contribution in [0.4, 0.5) is 0 Å². The molecule has 1 saturated heterocycles. The van der Waals surface area contributed by atoms with Crippen molar-refractivity contribution in [2.24, 2.45) is 0 Å². The van der Waals surface area contributed by atoms with E-state index in [1.165, 1.54) is 0 Å². The van der Waals surface area contributed by atoms with Gasteiger partial charge in [0.15, 0.2) is 0 Å². The van der Waals surface area contributed by atoms with E-state index in [4.69, 9.17) is 4.84 Å². The normalized spacial score (nSPS) is 23.6. The Morgan fingerprint density at radius 3 is 2.88 bits per heavy atom. The van der Waals surface area contributed by atoms with Crippen molar-refractivity contribution >= 4 is 5.91 Å². The maximum absolute atomic E-state index is 11.6.